The predicted molar refractivity (Wildman–Crippen MR) is 77.2 cm³/mol. The van der Waals surface area contributed by atoms with Crippen LogP contribution in [0.25, 0.3) is 0 Å². The van der Waals surface area contributed by atoms with Gasteiger partial charge in [-0.05, 0) is 30.9 Å². The number of hydrogen-bond donors (Lipinski definition) is 2. The Balaban J connectivity index is 1.51. The van der Waals surface area contributed by atoms with Crippen LogP contribution in [0.2, 0.25) is 0 Å². The van der Waals surface area contributed by atoms with Crippen molar-refractivity contribution in [1.82, 2.24) is 10.2 Å². The second kappa shape index (κ2) is 5.39. The van der Waals surface area contributed by atoms with Crippen molar-refractivity contribution in [3.05, 3.63) is 23.8 Å². The summed E-state index contributed by atoms with van der Waals surface area (Å²) in [7, 11) is 1.66. The maximum atomic E-state index is 6.04. The number of hydrogen-bond acceptors (Lipinski definition) is 4. The Hall–Kier alpha value is -1.26. The van der Waals surface area contributed by atoms with Gasteiger partial charge in [-0.1, -0.05) is 6.07 Å². The summed E-state index contributed by atoms with van der Waals surface area (Å²) in [6.07, 6.45) is 4.06. The number of rotatable bonds is 5. The van der Waals surface area contributed by atoms with Crippen LogP contribution < -0.4 is 15.8 Å². The third-order valence-electron chi connectivity index (χ3n) is 4.22. The van der Waals surface area contributed by atoms with E-state index in [4.69, 9.17) is 10.5 Å². The van der Waals surface area contributed by atoms with Crippen LogP contribution in [0.1, 0.15) is 24.8 Å². The zero-order valence-electron chi connectivity index (χ0n) is 11.6. The zero-order chi connectivity index (χ0) is 13.2. The minimum atomic E-state index is 0.613. The van der Waals surface area contributed by atoms with Gasteiger partial charge in [-0.15, -0.1) is 0 Å². The fourth-order valence-electron chi connectivity index (χ4n) is 2.84. The predicted octanol–water partition coefficient (Wildman–Crippen LogP) is 1.60. The molecule has 1 saturated heterocycles. The molecule has 0 bridgehead atoms. The third-order valence-corrected chi connectivity index (χ3v) is 4.22. The smallest absolute Gasteiger partial charge is 0.120 e. The van der Waals surface area contributed by atoms with Gasteiger partial charge in [-0.2, -0.15) is 0 Å². The number of anilines is 1. The van der Waals surface area contributed by atoms with Crippen LogP contribution in [0.15, 0.2) is 18.2 Å². The van der Waals surface area contributed by atoms with Gasteiger partial charge in [0, 0.05) is 43.5 Å². The summed E-state index contributed by atoms with van der Waals surface area (Å²) in [5.74, 6) is 0.821. The van der Waals surface area contributed by atoms with Crippen molar-refractivity contribution >= 4 is 5.69 Å². The molecule has 1 unspecified atom stereocenters. The Morgan fingerprint density at radius 3 is 2.89 bits per heavy atom. The van der Waals surface area contributed by atoms with Crippen molar-refractivity contribution in [3.63, 3.8) is 0 Å². The molecule has 0 amide bonds. The summed E-state index contributed by atoms with van der Waals surface area (Å²) in [6, 6.07) is 7.41. The maximum Gasteiger partial charge on any atom is 0.120 e. The Bertz CT molecular complexity index is 445. The first-order valence-corrected chi connectivity index (χ1v) is 7.16. The molecule has 4 heteroatoms. The van der Waals surface area contributed by atoms with Crippen LogP contribution in [0.4, 0.5) is 5.69 Å². The molecule has 1 saturated carbocycles. The van der Waals surface area contributed by atoms with E-state index >= 15 is 0 Å². The van der Waals surface area contributed by atoms with Crippen molar-refractivity contribution in [1.29, 1.82) is 0 Å². The quantitative estimate of drug-likeness (QED) is 0.791. The van der Waals surface area contributed by atoms with Crippen LogP contribution in [0, 0.1) is 0 Å². The van der Waals surface area contributed by atoms with E-state index in [2.05, 4.69) is 16.3 Å². The molecule has 1 aliphatic carbocycles. The third kappa shape index (κ3) is 3.01. The highest BCUT2D eigenvalue weighted by Gasteiger charge is 2.34. The number of benzene rings is 1. The van der Waals surface area contributed by atoms with Crippen LogP contribution in [0.3, 0.4) is 0 Å². The molecule has 0 spiro atoms. The molecule has 1 aromatic carbocycles. The van der Waals surface area contributed by atoms with E-state index in [0.717, 1.165) is 29.6 Å². The van der Waals surface area contributed by atoms with Crippen molar-refractivity contribution in [2.24, 2.45) is 0 Å². The lowest BCUT2D eigenvalue weighted by atomic mass is 10.1. The number of ether oxygens (including phenoxy) is 1. The number of methoxy groups -OCH3 is 1. The van der Waals surface area contributed by atoms with Gasteiger partial charge >= 0.3 is 0 Å². The van der Waals surface area contributed by atoms with E-state index < -0.39 is 0 Å². The topological polar surface area (TPSA) is 50.5 Å². The van der Waals surface area contributed by atoms with E-state index in [1.807, 2.05) is 12.1 Å². The van der Waals surface area contributed by atoms with Gasteiger partial charge in [0.1, 0.15) is 5.75 Å². The maximum absolute atomic E-state index is 6.04. The van der Waals surface area contributed by atoms with Crippen molar-refractivity contribution in [2.75, 3.05) is 25.9 Å². The second-order valence-electron chi connectivity index (χ2n) is 5.66. The fourth-order valence-corrected chi connectivity index (χ4v) is 2.84. The zero-order valence-corrected chi connectivity index (χ0v) is 11.6. The fraction of sp³-hybridized carbons (Fsp3) is 0.600. The monoisotopic (exact) mass is 261 g/mol. The lowest BCUT2D eigenvalue weighted by molar-refractivity contribution is 0.317. The van der Waals surface area contributed by atoms with Crippen LogP contribution in [0.5, 0.6) is 5.75 Å². The molecule has 3 rings (SSSR count). The lowest BCUT2D eigenvalue weighted by Crippen LogP contribution is -2.33. The second-order valence-corrected chi connectivity index (χ2v) is 5.66. The summed E-state index contributed by atoms with van der Waals surface area (Å²) in [4.78, 5) is 2.62. The molecule has 1 aromatic rings. The molecule has 2 fully saturated rings. The highest BCUT2D eigenvalue weighted by Crippen LogP contribution is 2.30. The van der Waals surface area contributed by atoms with E-state index in [1.165, 1.54) is 32.4 Å². The molecular weight excluding hydrogens is 238 g/mol. The first-order valence-electron chi connectivity index (χ1n) is 7.16. The molecular formula is C15H23N3O. The molecule has 1 heterocycles. The molecule has 19 heavy (non-hydrogen) atoms. The van der Waals surface area contributed by atoms with Crippen molar-refractivity contribution in [3.8, 4) is 5.75 Å². The molecule has 1 atom stereocenters. The Labute approximate surface area is 114 Å². The number of nitrogens with one attached hydrogen (secondary N) is 1. The van der Waals surface area contributed by atoms with Crippen LogP contribution in [-0.4, -0.2) is 37.2 Å². The van der Waals surface area contributed by atoms with Gasteiger partial charge < -0.3 is 15.8 Å². The van der Waals surface area contributed by atoms with Crippen LogP contribution in [-0.2, 0) is 6.54 Å². The Morgan fingerprint density at radius 2 is 2.21 bits per heavy atom. The standard InChI is InChI=1S/C15H23N3O/c1-19-14-5-2-11(15(16)8-14)9-17-12-6-7-18(10-12)13-3-4-13/h2,5,8,12-13,17H,3-4,6-7,9-10,16H2,1H3. The van der Waals surface area contributed by atoms with Gasteiger partial charge in [0.2, 0.25) is 0 Å². The number of nitrogens with zero attached hydrogens (tertiary/aromatic N) is 1. The molecule has 3 N–H and O–H groups in total. The number of nitrogens with two attached hydrogens (primary N) is 1. The Kier molecular flexibility index (Phi) is 3.62. The summed E-state index contributed by atoms with van der Waals surface area (Å²) >= 11 is 0. The first kappa shape index (κ1) is 12.8. The van der Waals surface area contributed by atoms with Crippen molar-refractivity contribution in [2.45, 2.75) is 37.9 Å². The normalized spacial score (nSPS) is 23.7. The summed E-state index contributed by atoms with van der Waals surface area (Å²) < 4.78 is 5.17. The highest BCUT2D eigenvalue weighted by atomic mass is 16.5. The van der Waals surface area contributed by atoms with Gasteiger partial charge in [0.05, 0.1) is 7.11 Å². The SMILES string of the molecule is COc1ccc(CNC2CCN(C3CC3)C2)c(N)c1. The lowest BCUT2D eigenvalue weighted by Gasteiger charge is -2.16. The Morgan fingerprint density at radius 1 is 1.37 bits per heavy atom. The largest absolute Gasteiger partial charge is 0.497 e. The molecule has 0 radical (unpaired) electrons. The first-order chi connectivity index (χ1) is 9.26. The molecule has 0 aromatic heterocycles. The number of likely N-dealkylation sites (tertiary alicyclic amines) is 1. The average Bonchev–Trinajstić information content (AvgIpc) is 3.17. The van der Waals surface area contributed by atoms with Gasteiger partial charge in [0.15, 0.2) is 0 Å². The van der Waals surface area contributed by atoms with Crippen LogP contribution >= 0.6 is 0 Å². The molecule has 104 valence electrons. The van der Waals surface area contributed by atoms with E-state index in [-0.39, 0.29) is 0 Å². The van der Waals surface area contributed by atoms with E-state index in [0.29, 0.717) is 6.04 Å². The summed E-state index contributed by atoms with van der Waals surface area (Å²) in [5, 5.41) is 3.63. The van der Waals surface area contributed by atoms with E-state index in [1.54, 1.807) is 7.11 Å². The molecule has 2 aliphatic rings. The number of nitrogen functional groups attached to an aromatic ring is 1. The molecule has 4 nitrogen and oxygen atoms in total. The van der Waals surface area contributed by atoms with E-state index in [9.17, 15) is 0 Å². The molecule has 1 aliphatic heterocycles. The highest BCUT2D eigenvalue weighted by molar-refractivity contribution is 5.51. The van der Waals surface area contributed by atoms with Crippen molar-refractivity contribution < 1.29 is 4.74 Å². The minimum Gasteiger partial charge on any atom is -0.497 e. The van der Waals surface area contributed by atoms with Gasteiger partial charge in [-0.25, -0.2) is 0 Å². The average molecular weight is 261 g/mol. The summed E-state index contributed by atoms with van der Waals surface area (Å²) in [6.45, 7) is 3.29. The van der Waals surface area contributed by atoms with Gasteiger partial charge in [0.25, 0.3) is 0 Å². The summed E-state index contributed by atoms with van der Waals surface area (Å²) in [5.41, 5.74) is 8.00. The van der Waals surface area contributed by atoms with Gasteiger partial charge in [-0.3, -0.25) is 4.90 Å². The minimum absolute atomic E-state index is 0.613.